The third-order valence-electron chi connectivity index (χ3n) is 3.14. The van der Waals surface area contributed by atoms with Gasteiger partial charge in [-0.2, -0.15) is 0 Å². The van der Waals surface area contributed by atoms with Crippen LogP contribution < -0.4 is 5.32 Å². The van der Waals surface area contributed by atoms with E-state index in [0.29, 0.717) is 12.1 Å². The monoisotopic (exact) mass is 339 g/mol. The topological polar surface area (TPSA) is 12.0 Å². The summed E-state index contributed by atoms with van der Waals surface area (Å²) < 4.78 is 27.8. The average molecular weight is 340 g/mol. The summed E-state index contributed by atoms with van der Waals surface area (Å²) in [5.74, 6) is -1.12. The number of hydrogen-bond acceptors (Lipinski definition) is 1. The Hall–Kier alpha value is -1.26. The first-order valence-electron chi connectivity index (χ1n) is 6.46. The molecule has 2 rings (SSSR count). The van der Waals surface area contributed by atoms with E-state index in [2.05, 4.69) is 21.2 Å². The van der Waals surface area contributed by atoms with Gasteiger partial charge in [-0.1, -0.05) is 35.0 Å². The van der Waals surface area contributed by atoms with Crippen LogP contribution in [0.1, 0.15) is 29.7 Å². The maximum Gasteiger partial charge on any atom is 0.126 e. The summed E-state index contributed by atoms with van der Waals surface area (Å²) in [6, 6.07) is 9.32. The average Bonchev–Trinajstić information content (AvgIpc) is 2.38. The van der Waals surface area contributed by atoms with E-state index >= 15 is 0 Å². The van der Waals surface area contributed by atoms with Gasteiger partial charge in [-0.05, 0) is 48.4 Å². The first-order valence-corrected chi connectivity index (χ1v) is 7.26. The van der Waals surface area contributed by atoms with Crippen molar-refractivity contribution in [3.63, 3.8) is 0 Å². The van der Waals surface area contributed by atoms with Crippen LogP contribution in [0.3, 0.4) is 0 Å². The lowest BCUT2D eigenvalue weighted by molar-refractivity contribution is 0.565. The summed E-state index contributed by atoms with van der Waals surface area (Å²) in [4.78, 5) is 0. The molecule has 0 heterocycles. The van der Waals surface area contributed by atoms with Gasteiger partial charge in [-0.25, -0.2) is 8.78 Å². The van der Waals surface area contributed by atoms with E-state index in [9.17, 15) is 8.78 Å². The van der Waals surface area contributed by atoms with Crippen LogP contribution in [0.25, 0.3) is 0 Å². The zero-order valence-corrected chi connectivity index (χ0v) is 13.0. The smallest absolute Gasteiger partial charge is 0.126 e. The fraction of sp³-hybridized carbons (Fsp3) is 0.250. The van der Waals surface area contributed by atoms with Crippen molar-refractivity contribution in [3.8, 4) is 0 Å². The number of halogens is 3. The van der Waals surface area contributed by atoms with E-state index in [-0.39, 0.29) is 6.04 Å². The lowest BCUT2D eigenvalue weighted by atomic mass is 9.97. The van der Waals surface area contributed by atoms with Gasteiger partial charge in [-0.3, -0.25) is 0 Å². The Morgan fingerprint density at radius 3 is 2.25 bits per heavy atom. The van der Waals surface area contributed by atoms with Crippen LogP contribution in [0.2, 0.25) is 0 Å². The molecule has 2 aromatic rings. The minimum atomic E-state index is -0.559. The van der Waals surface area contributed by atoms with Crippen molar-refractivity contribution in [2.45, 2.75) is 19.9 Å². The van der Waals surface area contributed by atoms with Gasteiger partial charge in [0, 0.05) is 10.5 Å². The minimum Gasteiger partial charge on any atom is -0.307 e. The lowest BCUT2D eigenvalue weighted by Gasteiger charge is -2.20. The molecular weight excluding hydrogens is 324 g/mol. The van der Waals surface area contributed by atoms with E-state index in [0.717, 1.165) is 21.7 Å². The molecule has 1 unspecified atom stereocenters. The SMILES string of the molecule is CCNC(c1cc(F)cc(F)c1)c1ccc(Br)c(C)c1. The molecule has 0 fully saturated rings. The number of rotatable bonds is 4. The fourth-order valence-electron chi connectivity index (χ4n) is 2.22. The second-order valence-corrected chi connectivity index (χ2v) is 5.56. The zero-order chi connectivity index (χ0) is 14.7. The molecule has 0 saturated heterocycles. The summed E-state index contributed by atoms with van der Waals surface area (Å²) in [5, 5.41) is 3.27. The third kappa shape index (κ3) is 3.44. The lowest BCUT2D eigenvalue weighted by Crippen LogP contribution is -2.22. The molecule has 1 N–H and O–H groups in total. The first-order chi connectivity index (χ1) is 9.51. The third-order valence-corrected chi connectivity index (χ3v) is 4.03. The molecule has 0 aliphatic rings. The van der Waals surface area contributed by atoms with Crippen LogP contribution in [0, 0.1) is 18.6 Å². The maximum atomic E-state index is 13.4. The van der Waals surface area contributed by atoms with Gasteiger partial charge in [-0.15, -0.1) is 0 Å². The van der Waals surface area contributed by atoms with Gasteiger partial charge in [0.15, 0.2) is 0 Å². The van der Waals surface area contributed by atoms with Crippen molar-refractivity contribution in [2.24, 2.45) is 0 Å². The molecule has 2 aromatic carbocycles. The molecule has 1 nitrogen and oxygen atoms in total. The number of hydrogen-bond donors (Lipinski definition) is 1. The number of benzene rings is 2. The standard InChI is InChI=1S/C16H16BrF2N/c1-3-20-16(11-4-5-15(17)10(2)6-11)12-7-13(18)9-14(19)8-12/h4-9,16,20H,3H2,1-2H3. The van der Waals surface area contributed by atoms with Gasteiger partial charge >= 0.3 is 0 Å². The Kier molecular flexibility index (Phi) is 4.89. The Morgan fingerprint density at radius 2 is 1.70 bits per heavy atom. The molecule has 0 aliphatic heterocycles. The molecule has 0 saturated carbocycles. The predicted molar refractivity (Wildman–Crippen MR) is 80.8 cm³/mol. The molecule has 20 heavy (non-hydrogen) atoms. The summed E-state index contributed by atoms with van der Waals surface area (Å²) in [5.41, 5.74) is 2.66. The van der Waals surface area contributed by atoms with Crippen LogP contribution in [0.15, 0.2) is 40.9 Å². The molecule has 4 heteroatoms. The summed E-state index contributed by atoms with van der Waals surface area (Å²) in [7, 11) is 0. The first kappa shape index (κ1) is 15.1. The fourth-order valence-corrected chi connectivity index (χ4v) is 2.47. The largest absolute Gasteiger partial charge is 0.307 e. The van der Waals surface area contributed by atoms with Crippen molar-refractivity contribution >= 4 is 15.9 Å². The molecule has 0 spiro atoms. The van der Waals surface area contributed by atoms with E-state index in [1.54, 1.807) is 0 Å². The predicted octanol–water partition coefficient (Wildman–Crippen LogP) is 4.73. The van der Waals surface area contributed by atoms with Gasteiger partial charge in [0.2, 0.25) is 0 Å². The summed E-state index contributed by atoms with van der Waals surface area (Å²) in [6.07, 6.45) is 0. The molecule has 0 amide bonds. The van der Waals surface area contributed by atoms with E-state index in [4.69, 9.17) is 0 Å². The molecule has 0 radical (unpaired) electrons. The van der Waals surface area contributed by atoms with Crippen LogP contribution >= 0.6 is 15.9 Å². The molecule has 0 aliphatic carbocycles. The van der Waals surface area contributed by atoms with Crippen molar-refractivity contribution < 1.29 is 8.78 Å². The molecule has 0 aromatic heterocycles. The van der Waals surface area contributed by atoms with Crippen LogP contribution in [0.5, 0.6) is 0 Å². The molecular formula is C16H16BrF2N. The molecule has 0 bridgehead atoms. The van der Waals surface area contributed by atoms with Crippen LogP contribution in [-0.2, 0) is 0 Å². The van der Waals surface area contributed by atoms with E-state index < -0.39 is 11.6 Å². The van der Waals surface area contributed by atoms with Crippen molar-refractivity contribution in [1.82, 2.24) is 5.32 Å². The highest BCUT2D eigenvalue weighted by Crippen LogP contribution is 2.27. The second kappa shape index (κ2) is 6.46. The Morgan fingerprint density at radius 1 is 1.05 bits per heavy atom. The zero-order valence-electron chi connectivity index (χ0n) is 11.4. The summed E-state index contributed by atoms with van der Waals surface area (Å²) in [6.45, 7) is 4.66. The number of nitrogens with one attached hydrogen (secondary N) is 1. The van der Waals surface area contributed by atoms with Gasteiger partial charge in [0.25, 0.3) is 0 Å². The Bertz CT molecular complexity index is 593. The van der Waals surface area contributed by atoms with Crippen LogP contribution in [0.4, 0.5) is 8.78 Å². The summed E-state index contributed by atoms with van der Waals surface area (Å²) >= 11 is 3.46. The van der Waals surface area contributed by atoms with Gasteiger partial charge in [0.1, 0.15) is 11.6 Å². The van der Waals surface area contributed by atoms with E-state index in [1.807, 2.05) is 32.0 Å². The van der Waals surface area contributed by atoms with Crippen molar-refractivity contribution in [3.05, 3.63) is 69.2 Å². The highest BCUT2D eigenvalue weighted by molar-refractivity contribution is 9.10. The quantitative estimate of drug-likeness (QED) is 0.848. The Labute approximate surface area is 126 Å². The highest BCUT2D eigenvalue weighted by atomic mass is 79.9. The second-order valence-electron chi connectivity index (χ2n) is 4.70. The highest BCUT2D eigenvalue weighted by Gasteiger charge is 2.15. The van der Waals surface area contributed by atoms with Gasteiger partial charge in [0.05, 0.1) is 6.04 Å². The van der Waals surface area contributed by atoms with Crippen LogP contribution in [-0.4, -0.2) is 6.54 Å². The molecule has 1 atom stereocenters. The van der Waals surface area contributed by atoms with Gasteiger partial charge < -0.3 is 5.32 Å². The van der Waals surface area contributed by atoms with Crippen molar-refractivity contribution in [2.75, 3.05) is 6.54 Å². The minimum absolute atomic E-state index is 0.225. The van der Waals surface area contributed by atoms with Crippen molar-refractivity contribution in [1.29, 1.82) is 0 Å². The maximum absolute atomic E-state index is 13.4. The Balaban J connectivity index is 2.46. The number of aryl methyl sites for hydroxylation is 1. The normalized spacial score (nSPS) is 12.4. The van der Waals surface area contributed by atoms with E-state index in [1.165, 1.54) is 12.1 Å². The molecule has 106 valence electrons.